The first-order valence-corrected chi connectivity index (χ1v) is 3.42. The summed E-state index contributed by atoms with van der Waals surface area (Å²) in [5.74, 6) is -7.13. The second-order valence-corrected chi connectivity index (χ2v) is 2.13. The van der Waals surface area contributed by atoms with Crippen molar-refractivity contribution in [2.75, 3.05) is 0 Å². The van der Waals surface area contributed by atoms with E-state index in [1.54, 1.807) is 0 Å². The van der Waals surface area contributed by atoms with Crippen LogP contribution >= 0.6 is 0 Å². The summed E-state index contributed by atoms with van der Waals surface area (Å²) in [6.45, 7) is 3.06. The minimum absolute atomic E-state index is 0.167. The lowest BCUT2D eigenvalue weighted by Gasteiger charge is -1.72. The first kappa shape index (κ1) is 19.2. The molecule has 9 heteroatoms. The minimum atomic E-state index is -1.82. The van der Waals surface area contributed by atoms with Crippen LogP contribution in [0.25, 0.3) is 0 Å². The van der Waals surface area contributed by atoms with Gasteiger partial charge in [-0.05, 0) is 13.8 Å². The van der Waals surface area contributed by atoms with Crippen LogP contribution in [0.15, 0.2) is 0 Å². The zero-order valence-electron chi connectivity index (χ0n) is 8.33. The van der Waals surface area contributed by atoms with Crippen LogP contribution in [0, 0.1) is 0 Å². The van der Waals surface area contributed by atoms with Crippen LogP contribution in [0.1, 0.15) is 13.8 Å². The minimum Gasteiger partial charge on any atom is -0.473 e. The lowest BCUT2D eigenvalue weighted by molar-refractivity contribution is -0.159. The van der Waals surface area contributed by atoms with Gasteiger partial charge in [0, 0.05) is 0 Å². The van der Waals surface area contributed by atoms with E-state index in [9.17, 15) is 4.79 Å². The van der Waals surface area contributed by atoms with Gasteiger partial charge in [0.15, 0.2) is 0 Å². The van der Waals surface area contributed by atoms with Crippen molar-refractivity contribution in [3.63, 3.8) is 0 Å². The third-order valence-electron chi connectivity index (χ3n) is 0.366. The smallest absolute Gasteiger partial charge is 0.414 e. The topological polar surface area (TPSA) is 166 Å². The van der Waals surface area contributed by atoms with Gasteiger partial charge in [0.25, 0.3) is 0 Å². The Bertz CT molecular complexity index is 238. The van der Waals surface area contributed by atoms with Gasteiger partial charge in [-0.2, -0.15) is 0 Å². The van der Waals surface area contributed by atoms with Crippen LogP contribution in [-0.4, -0.2) is 50.1 Å². The van der Waals surface area contributed by atoms with Crippen LogP contribution in [0.4, 0.5) is 0 Å². The Hall–Kier alpha value is -2.45. The standard InChI is InChI=1S/C3H6O.2C2H2O4/c1-3(2)4;2*3-1(4)2(5)6/h1-2H3;2*(H,3,4)(H,5,6). The lowest BCUT2D eigenvalue weighted by atomic mass is 10.6. The van der Waals surface area contributed by atoms with E-state index in [0.717, 1.165) is 0 Å². The average Bonchev–Trinajstić information content (AvgIpc) is 2.03. The van der Waals surface area contributed by atoms with Gasteiger partial charge in [-0.3, -0.25) is 0 Å². The highest BCUT2D eigenvalue weighted by molar-refractivity contribution is 6.27. The summed E-state index contributed by atoms with van der Waals surface area (Å²) in [6, 6.07) is 0. The molecule has 0 radical (unpaired) electrons. The number of carbonyl (C=O) groups is 5. The summed E-state index contributed by atoms with van der Waals surface area (Å²) in [6.07, 6.45) is 0. The number of carbonyl (C=O) groups excluding carboxylic acids is 1. The Morgan fingerprint density at radius 2 is 0.625 bits per heavy atom. The predicted octanol–water partition coefficient (Wildman–Crippen LogP) is -1.09. The molecule has 0 aromatic heterocycles. The van der Waals surface area contributed by atoms with E-state index in [2.05, 4.69) is 0 Å². The highest BCUT2D eigenvalue weighted by atomic mass is 16.4. The van der Waals surface area contributed by atoms with Gasteiger partial charge in [0.1, 0.15) is 5.78 Å². The summed E-state index contributed by atoms with van der Waals surface area (Å²) in [5, 5.41) is 29.6. The molecule has 4 N–H and O–H groups in total. The van der Waals surface area contributed by atoms with Gasteiger partial charge < -0.3 is 25.2 Å². The molecule has 0 bridgehead atoms. The molecule has 0 saturated heterocycles. The van der Waals surface area contributed by atoms with Gasteiger partial charge in [-0.1, -0.05) is 0 Å². The molecule has 0 atom stereocenters. The van der Waals surface area contributed by atoms with Crippen molar-refractivity contribution < 1.29 is 44.4 Å². The van der Waals surface area contributed by atoms with Gasteiger partial charge >= 0.3 is 23.9 Å². The van der Waals surface area contributed by atoms with Crippen molar-refractivity contribution in [3.05, 3.63) is 0 Å². The Kier molecular flexibility index (Phi) is 12.7. The molecule has 0 aliphatic rings. The monoisotopic (exact) mass is 238 g/mol. The summed E-state index contributed by atoms with van der Waals surface area (Å²) in [4.78, 5) is 45.8. The number of aliphatic carboxylic acids is 4. The molecule has 0 aromatic carbocycles. The van der Waals surface area contributed by atoms with Crippen molar-refractivity contribution >= 4 is 29.7 Å². The third-order valence-corrected chi connectivity index (χ3v) is 0.366. The van der Waals surface area contributed by atoms with Crippen molar-refractivity contribution in [2.45, 2.75) is 13.8 Å². The van der Waals surface area contributed by atoms with Gasteiger partial charge in [-0.25, -0.2) is 19.2 Å². The van der Waals surface area contributed by atoms with Gasteiger partial charge in [0.05, 0.1) is 0 Å². The number of hydrogen-bond acceptors (Lipinski definition) is 5. The molecular weight excluding hydrogens is 228 g/mol. The summed E-state index contributed by atoms with van der Waals surface area (Å²) in [5.41, 5.74) is 0. The highest BCUT2D eigenvalue weighted by Gasteiger charge is 2.04. The predicted molar refractivity (Wildman–Crippen MR) is 46.9 cm³/mol. The van der Waals surface area contributed by atoms with E-state index < -0.39 is 23.9 Å². The van der Waals surface area contributed by atoms with Crippen LogP contribution in [0.3, 0.4) is 0 Å². The molecule has 0 aliphatic carbocycles. The third kappa shape index (κ3) is 41.7. The molecule has 16 heavy (non-hydrogen) atoms. The molecule has 0 amide bonds. The number of ketones is 1. The zero-order valence-corrected chi connectivity index (χ0v) is 8.33. The molecule has 0 saturated carbocycles. The second-order valence-electron chi connectivity index (χ2n) is 2.13. The Balaban J connectivity index is -0.000000162. The van der Waals surface area contributed by atoms with E-state index in [1.807, 2.05) is 0 Å². The van der Waals surface area contributed by atoms with E-state index in [0.29, 0.717) is 0 Å². The summed E-state index contributed by atoms with van der Waals surface area (Å²) >= 11 is 0. The molecule has 0 fully saturated rings. The molecule has 0 aliphatic heterocycles. The van der Waals surface area contributed by atoms with Crippen LogP contribution in [0.2, 0.25) is 0 Å². The number of Topliss-reactive ketones (excluding diaryl/α,β-unsaturated/α-hetero) is 1. The number of carboxylic acids is 4. The lowest BCUT2D eigenvalue weighted by Crippen LogP contribution is -2.09. The second kappa shape index (κ2) is 10.6. The Morgan fingerprint density at radius 3 is 0.625 bits per heavy atom. The van der Waals surface area contributed by atoms with Crippen molar-refractivity contribution in [1.82, 2.24) is 0 Å². The first-order valence-electron chi connectivity index (χ1n) is 3.42. The fraction of sp³-hybridized carbons (Fsp3) is 0.286. The SMILES string of the molecule is CC(C)=O.O=C(O)C(=O)O.O=C(O)C(=O)O. The normalized spacial score (nSPS) is 7.12. The number of hydrogen-bond donors (Lipinski definition) is 4. The maximum Gasteiger partial charge on any atom is 0.414 e. The molecule has 0 unspecified atom stereocenters. The summed E-state index contributed by atoms with van der Waals surface area (Å²) in [7, 11) is 0. The molecule has 0 aromatic rings. The molecule has 0 spiro atoms. The van der Waals surface area contributed by atoms with E-state index in [4.69, 9.17) is 39.6 Å². The Labute approximate surface area is 88.9 Å². The van der Waals surface area contributed by atoms with E-state index >= 15 is 0 Å². The number of rotatable bonds is 0. The maximum absolute atomic E-state index is 9.44. The first-order chi connectivity index (χ1) is 7.02. The zero-order chi connectivity index (χ0) is 13.9. The van der Waals surface area contributed by atoms with E-state index in [-0.39, 0.29) is 5.78 Å². The van der Waals surface area contributed by atoms with Crippen molar-refractivity contribution in [1.29, 1.82) is 0 Å². The largest absolute Gasteiger partial charge is 0.473 e. The molecular formula is C7H10O9. The highest BCUT2D eigenvalue weighted by Crippen LogP contribution is 1.56. The van der Waals surface area contributed by atoms with Gasteiger partial charge in [0.2, 0.25) is 0 Å². The number of carboxylic acid groups (broad SMARTS) is 4. The van der Waals surface area contributed by atoms with Crippen molar-refractivity contribution in [2.24, 2.45) is 0 Å². The molecule has 92 valence electrons. The van der Waals surface area contributed by atoms with Crippen LogP contribution < -0.4 is 0 Å². The molecule has 9 nitrogen and oxygen atoms in total. The molecule has 0 heterocycles. The fourth-order valence-electron chi connectivity index (χ4n) is 0. The van der Waals surface area contributed by atoms with Crippen LogP contribution in [-0.2, 0) is 24.0 Å². The van der Waals surface area contributed by atoms with Gasteiger partial charge in [-0.15, -0.1) is 0 Å². The quantitative estimate of drug-likeness (QED) is 0.383. The fourth-order valence-corrected chi connectivity index (χ4v) is 0. The van der Waals surface area contributed by atoms with E-state index in [1.165, 1.54) is 13.8 Å². The Morgan fingerprint density at radius 1 is 0.562 bits per heavy atom. The van der Waals surface area contributed by atoms with Crippen molar-refractivity contribution in [3.8, 4) is 0 Å². The maximum atomic E-state index is 9.44. The van der Waals surface area contributed by atoms with Crippen LogP contribution in [0.5, 0.6) is 0 Å². The average molecular weight is 238 g/mol. The molecule has 0 rings (SSSR count). The summed E-state index contributed by atoms with van der Waals surface area (Å²) < 4.78 is 0.